The number of likely N-dealkylation sites (N-methyl/N-ethyl adjacent to an activating group) is 1. The molecule has 1 aromatic carbocycles. The Morgan fingerprint density at radius 2 is 2.05 bits per heavy atom. The van der Waals surface area contributed by atoms with Gasteiger partial charge in [0.25, 0.3) is 0 Å². The van der Waals surface area contributed by atoms with Crippen LogP contribution in [0.4, 0.5) is 10.1 Å². The van der Waals surface area contributed by atoms with Gasteiger partial charge in [0.1, 0.15) is 5.82 Å². The van der Waals surface area contributed by atoms with Gasteiger partial charge in [-0.05, 0) is 31.9 Å². The third kappa shape index (κ3) is 3.53. The number of carbonyl (C=O) groups is 1. The minimum Gasteiger partial charge on any atom is -0.309 e. The van der Waals surface area contributed by atoms with E-state index in [4.69, 9.17) is 0 Å². The Labute approximate surface area is 113 Å². The van der Waals surface area contributed by atoms with E-state index >= 15 is 0 Å². The Hall–Kier alpha value is -1.42. The molecule has 1 N–H and O–H groups in total. The Morgan fingerprint density at radius 3 is 2.68 bits per heavy atom. The number of rotatable bonds is 5. The Morgan fingerprint density at radius 1 is 1.37 bits per heavy atom. The van der Waals surface area contributed by atoms with Crippen molar-refractivity contribution in [3.05, 3.63) is 30.1 Å². The molecule has 104 valence electrons. The molecule has 0 atom stereocenters. The van der Waals surface area contributed by atoms with Gasteiger partial charge in [-0.2, -0.15) is 0 Å². The summed E-state index contributed by atoms with van der Waals surface area (Å²) in [4.78, 5) is 13.7. The average Bonchev–Trinajstić information content (AvgIpc) is 2.92. The third-order valence-corrected chi connectivity index (χ3v) is 3.66. The number of anilines is 1. The van der Waals surface area contributed by atoms with Gasteiger partial charge < -0.3 is 10.2 Å². The molecule has 1 aromatic rings. The molecule has 0 unspecified atom stereocenters. The average molecular weight is 264 g/mol. The SMILES string of the molecule is CCN(C(=O)CNC1CCCC1)c1ccccc1F. The largest absolute Gasteiger partial charge is 0.309 e. The van der Waals surface area contributed by atoms with Crippen molar-refractivity contribution in [2.75, 3.05) is 18.0 Å². The van der Waals surface area contributed by atoms with Gasteiger partial charge in [0.15, 0.2) is 0 Å². The first-order valence-electron chi connectivity index (χ1n) is 7.00. The first kappa shape index (κ1) is 14.0. The number of halogens is 1. The summed E-state index contributed by atoms with van der Waals surface area (Å²) in [5, 5.41) is 3.27. The summed E-state index contributed by atoms with van der Waals surface area (Å²) in [5.74, 6) is -0.418. The number of carbonyl (C=O) groups excluding carboxylic acids is 1. The van der Waals surface area contributed by atoms with E-state index in [-0.39, 0.29) is 18.3 Å². The lowest BCUT2D eigenvalue weighted by molar-refractivity contribution is -0.117. The lowest BCUT2D eigenvalue weighted by Gasteiger charge is -2.22. The second-order valence-corrected chi connectivity index (χ2v) is 4.95. The summed E-state index contributed by atoms with van der Waals surface area (Å²) in [6.07, 6.45) is 4.74. The summed E-state index contributed by atoms with van der Waals surface area (Å²) in [6.45, 7) is 2.62. The highest BCUT2D eigenvalue weighted by molar-refractivity contribution is 5.94. The van der Waals surface area contributed by atoms with Crippen LogP contribution < -0.4 is 10.2 Å². The van der Waals surface area contributed by atoms with E-state index in [1.807, 2.05) is 6.92 Å². The first-order valence-corrected chi connectivity index (χ1v) is 7.00. The van der Waals surface area contributed by atoms with E-state index < -0.39 is 0 Å². The van der Waals surface area contributed by atoms with E-state index in [9.17, 15) is 9.18 Å². The zero-order valence-electron chi connectivity index (χ0n) is 11.4. The van der Waals surface area contributed by atoms with Gasteiger partial charge in [-0.1, -0.05) is 25.0 Å². The van der Waals surface area contributed by atoms with Crippen LogP contribution in [0.3, 0.4) is 0 Å². The quantitative estimate of drug-likeness (QED) is 0.887. The van der Waals surface area contributed by atoms with Crippen LogP contribution in [-0.4, -0.2) is 25.0 Å². The zero-order chi connectivity index (χ0) is 13.7. The summed E-state index contributed by atoms with van der Waals surface area (Å²) >= 11 is 0. The van der Waals surface area contributed by atoms with Crippen molar-refractivity contribution in [2.45, 2.75) is 38.6 Å². The molecule has 1 aliphatic rings. The van der Waals surface area contributed by atoms with Crippen LogP contribution in [0.15, 0.2) is 24.3 Å². The molecule has 1 saturated carbocycles. The lowest BCUT2D eigenvalue weighted by atomic mass is 10.2. The minimum absolute atomic E-state index is 0.0699. The summed E-state index contributed by atoms with van der Waals surface area (Å²) in [7, 11) is 0. The van der Waals surface area contributed by atoms with Crippen molar-refractivity contribution < 1.29 is 9.18 Å². The normalized spacial score (nSPS) is 15.7. The molecule has 1 amide bonds. The van der Waals surface area contributed by atoms with E-state index in [0.29, 0.717) is 18.3 Å². The molecule has 0 saturated heterocycles. The van der Waals surface area contributed by atoms with Gasteiger partial charge in [-0.3, -0.25) is 4.79 Å². The van der Waals surface area contributed by atoms with Crippen molar-refractivity contribution in [3.63, 3.8) is 0 Å². The molecular weight excluding hydrogens is 243 g/mol. The highest BCUT2D eigenvalue weighted by Gasteiger charge is 2.20. The molecule has 2 rings (SSSR count). The van der Waals surface area contributed by atoms with E-state index in [1.54, 1.807) is 18.2 Å². The van der Waals surface area contributed by atoms with Crippen LogP contribution in [-0.2, 0) is 4.79 Å². The summed E-state index contributed by atoms with van der Waals surface area (Å²) in [6, 6.07) is 6.86. The molecule has 19 heavy (non-hydrogen) atoms. The van der Waals surface area contributed by atoms with Crippen molar-refractivity contribution in [1.82, 2.24) is 5.32 Å². The van der Waals surface area contributed by atoms with Gasteiger partial charge in [0.05, 0.1) is 12.2 Å². The van der Waals surface area contributed by atoms with Crippen molar-refractivity contribution in [3.8, 4) is 0 Å². The summed E-state index contributed by atoms with van der Waals surface area (Å²) in [5.41, 5.74) is 0.364. The van der Waals surface area contributed by atoms with Gasteiger partial charge >= 0.3 is 0 Å². The molecule has 1 aliphatic carbocycles. The van der Waals surface area contributed by atoms with Gasteiger partial charge in [-0.25, -0.2) is 4.39 Å². The van der Waals surface area contributed by atoms with Gasteiger partial charge in [0.2, 0.25) is 5.91 Å². The molecule has 0 aromatic heterocycles. The second kappa shape index (κ2) is 6.66. The van der Waals surface area contributed by atoms with E-state index in [2.05, 4.69) is 5.32 Å². The Balaban J connectivity index is 1.96. The number of nitrogens with one attached hydrogen (secondary N) is 1. The second-order valence-electron chi connectivity index (χ2n) is 4.95. The maximum Gasteiger partial charge on any atom is 0.241 e. The smallest absolute Gasteiger partial charge is 0.241 e. The topological polar surface area (TPSA) is 32.3 Å². The molecule has 0 bridgehead atoms. The summed E-state index contributed by atoms with van der Waals surface area (Å²) < 4.78 is 13.7. The number of hydrogen-bond donors (Lipinski definition) is 1. The fraction of sp³-hybridized carbons (Fsp3) is 0.533. The van der Waals surface area contributed by atoms with Crippen molar-refractivity contribution in [1.29, 1.82) is 0 Å². The van der Waals surface area contributed by atoms with Crippen LogP contribution in [0, 0.1) is 5.82 Å². The fourth-order valence-corrected chi connectivity index (χ4v) is 2.61. The zero-order valence-corrected chi connectivity index (χ0v) is 11.4. The Bertz CT molecular complexity index is 430. The molecule has 0 aliphatic heterocycles. The van der Waals surface area contributed by atoms with Crippen LogP contribution in [0.25, 0.3) is 0 Å². The van der Waals surface area contributed by atoms with Crippen LogP contribution in [0.5, 0.6) is 0 Å². The predicted octanol–water partition coefficient (Wildman–Crippen LogP) is 2.71. The minimum atomic E-state index is -0.349. The highest BCUT2D eigenvalue weighted by atomic mass is 19.1. The van der Waals surface area contributed by atoms with Crippen molar-refractivity contribution in [2.24, 2.45) is 0 Å². The molecule has 0 spiro atoms. The first-order chi connectivity index (χ1) is 9.22. The number of benzene rings is 1. The van der Waals surface area contributed by atoms with Gasteiger partial charge in [0, 0.05) is 12.6 Å². The van der Waals surface area contributed by atoms with E-state index in [0.717, 1.165) is 12.8 Å². The standard InChI is InChI=1S/C15H21FN2O/c1-2-18(14-10-6-5-9-13(14)16)15(19)11-17-12-7-3-4-8-12/h5-6,9-10,12,17H,2-4,7-8,11H2,1H3. The number of hydrogen-bond acceptors (Lipinski definition) is 2. The molecule has 0 heterocycles. The monoisotopic (exact) mass is 264 g/mol. The van der Waals surface area contributed by atoms with Crippen LogP contribution >= 0.6 is 0 Å². The number of nitrogens with zero attached hydrogens (tertiary/aromatic N) is 1. The van der Waals surface area contributed by atoms with Crippen LogP contribution in [0.2, 0.25) is 0 Å². The maximum absolute atomic E-state index is 13.7. The fourth-order valence-electron chi connectivity index (χ4n) is 2.61. The van der Waals surface area contributed by atoms with Gasteiger partial charge in [-0.15, -0.1) is 0 Å². The maximum atomic E-state index is 13.7. The number of amides is 1. The molecule has 4 heteroatoms. The Kier molecular flexibility index (Phi) is 4.91. The molecular formula is C15H21FN2O. The van der Waals surface area contributed by atoms with E-state index in [1.165, 1.54) is 23.8 Å². The number of para-hydroxylation sites is 1. The van der Waals surface area contributed by atoms with Crippen LogP contribution in [0.1, 0.15) is 32.6 Å². The molecule has 3 nitrogen and oxygen atoms in total. The molecule has 0 radical (unpaired) electrons. The third-order valence-electron chi connectivity index (χ3n) is 3.66. The lowest BCUT2D eigenvalue weighted by Crippen LogP contribution is -2.41. The predicted molar refractivity (Wildman–Crippen MR) is 74.7 cm³/mol. The highest BCUT2D eigenvalue weighted by Crippen LogP contribution is 2.19. The molecule has 1 fully saturated rings. The van der Waals surface area contributed by atoms with Crippen molar-refractivity contribution >= 4 is 11.6 Å².